The summed E-state index contributed by atoms with van der Waals surface area (Å²) in [6.07, 6.45) is -2.78. The first kappa shape index (κ1) is 7.83. The summed E-state index contributed by atoms with van der Waals surface area (Å²) in [5, 5.41) is 0. The molecule has 0 fully saturated rings. The molecule has 0 radical (unpaired) electrons. The van der Waals surface area contributed by atoms with Gasteiger partial charge in [-0.05, 0) is 0 Å². The molecule has 0 aromatic rings. The molecule has 0 aliphatic rings. The zero-order valence-corrected chi connectivity index (χ0v) is 6.69. The van der Waals surface area contributed by atoms with Crippen molar-refractivity contribution in [1.82, 2.24) is 0 Å². The van der Waals surface area contributed by atoms with Crippen molar-refractivity contribution >= 4 is 21.3 Å². The second kappa shape index (κ2) is 2.98. The Balaban J connectivity index is 3.61. The second-order valence-electron chi connectivity index (χ2n) is 0.812. The van der Waals surface area contributed by atoms with Gasteiger partial charge in [0.05, 0.1) is 0 Å². The van der Waals surface area contributed by atoms with Crippen LogP contribution in [-0.4, -0.2) is 29.3 Å². The Hall–Kier alpha value is 0.829. The Morgan fingerprint density at radius 2 is 1.71 bits per heavy atom. The van der Waals surface area contributed by atoms with E-state index in [0.29, 0.717) is 0 Å². The molecule has 0 aliphatic heterocycles. The van der Waals surface area contributed by atoms with E-state index in [1.54, 1.807) is 0 Å². The van der Waals surface area contributed by atoms with Crippen molar-refractivity contribution in [3.8, 4) is 0 Å². The van der Waals surface area contributed by atoms with Gasteiger partial charge in [0, 0.05) is 0 Å². The van der Waals surface area contributed by atoms with Crippen molar-refractivity contribution < 1.29 is 13.9 Å². The molecule has 0 rings (SSSR count). The van der Waals surface area contributed by atoms with E-state index in [9.17, 15) is 4.89 Å². The molecule has 7 heavy (non-hydrogen) atoms. The topological polar surface area (TPSA) is 41.5 Å². The minimum atomic E-state index is -2.78. The summed E-state index contributed by atoms with van der Waals surface area (Å²) in [6, 6.07) is 0. The van der Waals surface area contributed by atoms with E-state index in [1.807, 2.05) is 0 Å². The molecule has 0 bridgehead atoms. The van der Waals surface area contributed by atoms with Gasteiger partial charge in [0.1, 0.15) is 0 Å². The zero-order valence-electron chi connectivity index (χ0n) is 4.08. The molecule has 0 saturated heterocycles. The number of rotatable bonds is 2. The Morgan fingerprint density at radius 1 is 1.43 bits per heavy atom. The standard InChI is InChI=1S/C2H7O3PSe/c1-4-6(3,7)5-2/h1-2H3,(H,3,7)/p-1. The molecule has 0 amide bonds. The van der Waals surface area contributed by atoms with Gasteiger partial charge in [0.15, 0.2) is 0 Å². The molecule has 0 aliphatic carbocycles. The average Bonchev–Trinajstić information content (AvgIpc) is 1.68. The van der Waals surface area contributed by atoms with Crippen molar-refractivity contribution in [3.63, 3.8) is 0 Å². The van der Waals surface area contributed by atoms with Gasteiger partial charge in [-0.15, -0.1) is 0 Å². The van der Waals surface area contributed by atoms with Crippen molar-refractivity contribution in [2.24, 2.45) is 0 Å². The summed E-state index contributed by atoms with van der Waals surface area (Å²) in [6.45, 7) is 0. The van der Waals surface area contributed by atoms with Crippen LogP contribution in [0.15, 0.2) is 0 Å². The van der Waals surface area contributed by atoms with Crippen molar-refractivity contribution in [2.75, 3.05) is 14.2 Å². The van der Waals surface area contributed by atoms with E-state index in [4.69, 9.17) is 0 Å². The maximum absolute atomic E-state index is 10.5. The van der Waals surface area contributed by atoms with Crippen LogP contribution in [0.25, 0.3) is 0 Å². The summed E-state index contributed by atoms with van der Waals surface area (Å²) in [5.74, 6) is 0. The third kappa shape index (κ3) is 3.42. The molecule has 5 heteroatoms. The van der Waals surface area contributed by atoms with Crippen LogP contribution >= 0.6 is 6.19 Å². The van der Waals surface area contributed by atoms with E-state index >= 15 is 0 Å². The van der Waals surface area contributed by atoms with Crippen LogP contribution in [0.1, 0.15) is 0 Å². The molecule has 0 unspecified atom stereocenters. The first-order valence-corrected chi connectivity index (χ1v) is 5.31. The third-order valence-electron chi connectivity index (χ3n) is 0.447. The molecular formula is C2H6O3PSe-. The van der Waals surface area contributed by atoms with Crippen LogP contribution in [0.2, 0.25) is 0 Å². The third-order valence-corrected chi connectivity index (χ3v) is 3.22. The molecule has 0 aromatic carbocycles. The average molecular weight is 188 g/mol. The summed E-state index contributed by atoms with van der Waals surface area (Å²) in [4.78, 5) is 10.5. The van der Waals surface area contributed by atoms with E-state index in [1.165, 1.54) is 14.2 Å². The van der Waals surface area contributed by atoms with E-state index in [-0.39, 0.29) is 0 Å². The van der Waals surface area contributed by atoms with Gasteiger partial charge in [-0.3, -0.25) is 0 Å². The summed E-state index contributed by atoms with van der Waals surface area (Å²) in [5.41, 5.74) is 0. The Kier molecular flexibility index (Phi) is 3.33. The van der Waals surface area contributed by atoms with Crippen LogP contribution in [0.3, 0.4) is 0 Å². The molecule has 44 valence electrons. The van der Waals surface area contributed by atoms with Crippen LogP contribution in [0.5, 0.6) is 0 Å². The van der Waals surface area contributed by atoms with Gasteiger partial charge in [0.2, 0.25) is 0 Å². The number of hydrogen-bond acceptors (Lipinski definition) is 3. The fourth-order valence-corrected chi connectivity index (χ4v) is 0.224. The predicted molar refractivity (Wildman–Crippen MR) is 26.7 cm³/mol. The summed E-state index contributed by atoms with van der Waals surface area (Å²) in [7, 11) is 2.64. The van der Waals surface area contributed by atoms with Gasteiger partial charge in [0.25, 0.3) is 0 Å². The zero-order chi connectivity index (χ0) is 5.91. The Morgan fingerprint density at radius 3 is 1.71 bits per heavy atom. The molecule has 0 saturated carbocycles. The van der Waals surface area contributed by atoms with Crippen LogP contribution < -0.4 is 4.89 Å². The fourth-order valence-electron chi connectivity index (χ4n) is 0.0745. The maximum atomic E-state index is 10.5. The first-order chi connectivity index (χ1) is 3.12. The van der Waals surface area contributed by atoms with E-state index in [0.717, 1.165) is 0 Å². The Labute approximate surface area is 50.1 Å². The molecular weight excluding hydrogens is 182 g/mol. The molecule has 0 heterocycles. The SMILES string of the molecule is COP([O-])(=[Se])OC. The molecule has 3 nitrogen and oxygen atoms in total. The quantitative estimate of drug-likeness (QED) is 0.432. The fraction of sp³-hybridized carbons (Fsp3) is 1.00. The van der Waals surface area contributed by atoms with Gasteiger partial charge in [-0.25, -0.2) is 0 Å². The van der Waals surface area contributed by atoms with E-state index in [2.05, 4.69) is 24.1 Å². The Bertz CT molecular complexity index is 84.9. The normalized spacial score (nSPS) is 11.9. The second-order valence-corrected chi connectivity index (χ2v) is 5.25. The summed E-state index contributed by atoms with van der Waals surface area (Å²) >= 11 is 2.26. The minimum absolute atomic E-state index is 1.32. The monoisotopic (exact) mass is 189 g/mol. The van der Waals surface area contributed by atoms with Crippen LogP contribution in [0, 0.1) is 0 Å². The van der Waals surface area contributed by atoms with Crippen molar-refractivity contribution in [2.45, 2.75) is 0 Å². The van der Waals surface area contributed by atoms with Gasteiger partial charge >= 0.3 is 49.4 Å². The first-order valence-electron chi connectivity index (χ1n) is 1.55. The predicted octanol–water partition coefficient (Wildman–Crippen LogP) is -0.514. The molecule has 0 atom stereocenters. The van der Waals surface area contributed by atoms with Gasteiger partial charge < -0.3 is 0 Å². The van der Waals surface area contributed by atoms with E-state index < -0.39 is 6.19 Å². The molecule has 0 N–H and O–H groups in total. The van der Waals surface area contributed by atoms with Gasteiger partial charge in [-0.1, -0.05) is 0 Å². The van der Waals surface area contributed by atoms with Crippen LogP contribution in [0.4, 0.5) is 0 Å². The van der Waals surface area contributed by atoms with Crippen molar-refractivity contribution in [1.29, 1.82) is 0 Å². The number of hydrogen-bond donors (Lipinski definition) is 0. The summed E-state index contributed by atoms with van der Waals surface area (Å²) < 4.78 is 8.73. The van der Waals surface area contributed by atoms with Crippen LogP contribution in [-0.2, 0) is 9.05 Å². The molecule has 0 spiro atoms. The van der Waals surface area contributed by atoms with Crippen molar-refractivity contribution in [3.05, 3.63) is 0 Å². The van der Waals surface area contributed by atoms with Gasteiger partial charge in [-0.2, -0.15) is 0 Å². The molecule has 0 aromatic heterocycles.